The Kier molecular flexibility index (Phi) is 7.96. The molecule has 2 saturated heterocycles. The second kappa shape index (κ2) is 10.4. The van der Waals surface area contributed by atoms with E-state index in [9.17, 15) is 9.59 Å². The van der Waals surface area contributed by atoms with Gasteiger partial charge in [0.05, 0.1) is 6.42 Å². The van der Waals surface area contributed by atoms with E-state index in [0.29, 0.717) is 29.8 Å². The zero-order valence-electron chi connectivity index (χ0n) is 17.8. The fraction of sp³-hybridized carbons (Fsp3) is 0.652. The van der Waals surface area contributed by atoms with Crippen LogP contribution in [0.2, 0.25) is 5.02 Å². The summed E-state index contributed by atoms with van der Waals surface area (Å²) in [5, 5.41) is 0.666. The van der Waals surface area contributed by atoms with E-state index in [2.05, 4.69) is 11.9 Å². The SMILES string of the molecule is CN1CCC(N(C)C(=O)CCC2CCCN(C(=O)Cc3cccc(Cl)c3)C2)CC1. The van der Waals surface area contributed by atoms with E-state index in [1.807, 2.05) is 41.1 Å². The van der Waals surface area contributed by atoms with Crippen LogP contribution in [0.5, 0.6) is 0 Å². The van der Waals surface area contributed by atoms with Gasteiger partial charge in [0.2, 0.25) is 11.8 Å². The van der Waals surface area contributed by atoms with Gasteiger partial charge in [-0.1, -0.05) is 23.7 Å². The number of carbonyl (C=O) groups is 2. The highest BCUT2D eigenvalue weighted by Crippen LogP contribution is 2.23. The average molecular weight is 420 g/mol. The predicted octanol–water partition coefficient (Wildman–Crippen LogP) is 3.45. The molecule has 2 heterocycles. The Labute approximate surface area is 180 Å². The summed E-state index contributed by atoms with van der Waals surface area (Å²) in [6.45, 7) is 3.72. The summed E-state index contributed by atoms with van der Waals surface area (Å²) in [5.41, 5.74) is 0.958. The molecule has 0 saturated carbocycles. The van der Waals surface area contributed by atoms with Gasteiger partial charge < -0.3 is 14.7 Å². The molecule has 1 atom stereocenters. The molecule has 2 fully saturated rings. The molecule has 6 heteroatoms. The van der Waals surface area contributed by atoms with Crippen molar-refractivity contribution < 1.29 is 9.59 Å². The molecule has 0 spiro atoms. The number of piperidine rings is 2. The molecule has 0 aliphatic carbocycles. The van der Waals surface area contributed by atoms with Gasteiger partial charge in [0, 0.05) is 37.6 Å². The van der Waals surface area contributed by atoms with Crippen molar-refractivity contribution in [2.45, 2.75) is 51.0 Å². The summed E-state index contributed by atoms with van der Waals surface area (Å²) in [4.78, 5) is 31.6. The minimum atomic E-state index is 0.159. The lowest BCUT2D eigenvalue weighted by molar-refractivity contribution is -0.133. The topological polar surface area (TPSA) is 43.9 Å². The zero-order valence-corrected chi connectivity index (χ0v) is 18.5. The molecule has 1 aromatic carbocycles. The average Bonchev–Trinajstić information content (AvgIpc) is 2.72. The maximum Gasteiger partial charge on any atom is 0.226 e. The van der Waals surface area contributed by atoms with Crippen LogP contribution >= 0.6 is 11.6 Å². The van der Waals surface area contributed by atoms with Crippen LogP contribution in [0.15, 0.2) is 24.3 Å². The number of likely N-dealkylation sites (tertiary alicyclic amines) is 2. The van der Waals surface area contributed by atoms with Gasteiger partial charge in [-0.15, -0.1) is 0 Å². The highest BCUT2D eigenvalue weighted by molar-refractivity contribution is 6.30. The van der Waals surface area contributed by atoms with Gasteiger partial charge in [-0.05, 0) is 75.9 Å². The second-order valence-electron chi connectivity index (χ2n) is 8.73. The van der Waals surface area contributed by atoms with E-state index in [-0.39, 0.29) is 11.8 Å². The van der Waals surface area contributed by atoms with Crippen molar-refractivity contribution in [3.8, 4) is 0 Å². The first-order chi connectivity index (χ1) is 13.9. The molecule has 5 nitrogen and oxygen atoms in total. The van der Waals surface area contributed by atoms with Crippen LogP contribution in [0.4, 0.5) is 0 Å². The number of nitrogens with zero attached hydrogens (tertiary/aromatic N) is 3. The van der Waals surface area contributed by atoms with Crippen molar-refractivity contribution in [3.05, 3.63) is 34.9 Å². The summed E-state index contributed by atoms with van der Waals surface area (Å²) in [7, 11) is 4.10. The third-order valence-corrected chi connectivity index (χ3v) is 6.75. The van der Waals surface area contributed by atoms with E-state index >= 15 is 0 Å². The van der Waals surface area contributed by atoms with E-state index in [1.165, 1.54) is 0 Å². The van der Waals surface area contributed by atoms with Crippen LogP contribution in [0, 0.1) is 5.92 Å². The summed E-state index contributed by atoms with van der Waals surface area (Å²) in [6.07, 6.45) is 6.10. The molecule has 0 N–H and O–H groups in total. The first-order valence-electron chi connectivity index (χ1n) is 10.9. The molecule has 0 bridgehead atoms. The van der Waals surface area contributed by atoms with Gasteiger partial charge >= 0.3 is 0 Å². The molecule has 29 heavy (non-hydrogen) atoms. The lowest BCUT2D eigenvalue weighted by Crippen LogP contribution is -2.45. The lowest BCUT2D eigenvalue weighted by Gasteiger charge is -2.36. The fourth-order valence-corrected chi connectivity index (χ4v) is 4.76. The van der Waals surface area contributed by atoms with Crippen molar-refractivity contribution in [1.82, 2.24) is 14.7 Å². The summed E-state index contributed by atoms with van der Waals surface area (Å²) in [5.74, 6) is 0.829. The largest absolute Gasteiger partial charge is 0.343 e. The van der Waals surface area contributed by atoms with E-state index in [4.69, 9.17) is 11.6 Å². The molecule has 0 aromatic heterocycles. The number of carbonyl (C=O) groups excluding carboxylic acids is 2. The monoisotopic (exact) mass is 419 g/mol. The van der Waals surface area contributed by atoms with Crippen LogP contribution < -0.4 is 0 Å². The highest BCUT2D eigenvalue weighted by Gasteiger charge is 2.27. The van der Waals surface area contributed by atoms with Gasteiger partial charge in [-0.2, -0.15) is 0 Å². The van der Waals surface area contributed by atoms with Crippen LogP contribution in [-0.2, 0) is 16.0 Å². The number of hydrogen-bond donors (Lipinski definition) is 0. The van der Waals surface area contributed by atoms with Crippen LogP contribution in [0.1, 0.15) is 44.1 Å². The Bertz CT molecular complexity index is 703. The molecule has 0 radical (unpaired) electrons. The quantitative estimate of drug-likeness (QED) is 0.709. The Balaban J connectivity index is 1.44. The predicted molar refractivity (Wildman–Crippen MR) is 117 cm³/mol. The Hall–Kier alpha value is -1.59. The Morgan fingerprint density at radius 3 is 2.66 bits per heavy atom. The van der Waals surface area contributed by atoms with E-state index in [0.717, 1.165) is 63.8 Å². The van der Waals surface area contributed by atoms with Crippen molar-refractivity contribution in [3.63, 3.8) is 0 Å². The molecule has 3 rings (SSSR count). The number of rotatable bonds is 6. The molecule has 2 aliphatic heterocycles. The van der Waals surface area contributed by atoms with Gasteiger partial charge in [-0.25, -0.2) is 0 Å². The Morgan fingerprint density at radius 1 is 1.17 bits per heavy atom. The zero-order chi connectivity index (χ0) is 20.8. The smallest absolute Gasteiger partial charge is 0.226 e. The van der Waals surface area contributed by atoms with Gasteiger partial charge in [-0.3, -0.25) is 9.59 Å². The van der Waals surface area contributed by atoms with Crippen LogP contribution in [0.3, 0.4) is 0 Å². The maximum atomic E-state index is 12.7. The maximum absolute atomic E-state index is 12.7. The first kappa shape index (κ1) is 22.1. The van der Waals surface area contributed by atoms with Crippen molar-refractivity contribution in [2.75, 3.05) is 40.3 Å². The van der Waals surface area contributed by atoms with Gasteiger partial charge in [0.15, 0.2) is 0 Å². The molecule has 1 unspecified atom stereocenters. The normalized spacial score (nSPS) is 21.2. The third-order valence-electron chi connectivity index (χ3n) is 6.51. The summed E-state index contributed by atoms with van der Waals surface area (Å²) < 4.78 is 0. The lowest BCUT2D eigenvalue weighted by atomic mass is 9.92. The second-order valence-corrected chi connectivity index (χ2v) is 9.17. The van der Waals surface area contributed by atoms with Crippen LogP contribution in [0.25, 0.3) is 0 Å². The number of amides is 2. The van der Waals surface area contributed by atoms with Crippen molar-refractivity contribution in [2.24, 2.45) is 5.92 Å². The molecule has 2 aliphatic rings. The molecular formula is C23H34ClN3O2. The highest BCUT2D eigenvalue weighted by atomic mass is 35.5. The minimum absolute atomic E-state index is 0.159. The standard InChI is InChI=1S/C23H34ClN3O2/c1-25-13-10-21(11-14-25)26(2)22(28)9-8-18-6-4-12-27(17-18)23(29)16-19-5-3-7-20(24)15-19/h3,5,7,15,18,21H,4,6,8-14,16-17H2,1-2H3. The summed E-state index contributed by atoms with van der Waals surface area (Å²) in [6, 6.07) is 7.89. The van der Waals surface area contributed by atoms with Crippen molar-refractivity contribution >= 4 is 23.4 Å². The molecular weight excluding hydrogens is 386 g/mol. The minimum Gasteiger partial charge on any atom is -0.343 e. The molecule has 160 valence electrons. The molecule has 1 aromatic rings. The fourth-order valence-electron chi connectivity index (χ4n) is 4.55. The van der Waals surface area contributed by atoms with Gasteiger partial charge in [0.1, 0.15) is 0 Å². The van der Waals surface area contributed by atoms with Crippen LogP contribution in [-0.4, -0.2) is 72.8 Å². The number of hydrogen-bond acceptors (Lipinski definition) is 3. The molecule has 2 amide bonds. The summed E-state index contributed by atoms with van der Waals surface area (Å²) >= 11 is 6.03. The number of halogens is 1. The van der Waals surface area contributed by atoms with E-state index in [1.54, 1.807) is 0 Å². The first-order valence-corrected chi connectivity index (χ1v) is 11.3. The van der Waals surface area contributed by atoms with Crippen molar-refractivity contribution in [1.29, 1.82) is 0 Å². The van der Waals surface area contributed by atoms with Gasteiger partial charge in [0.25, 0.3) is 0 Å². The van der Waals surface area contributed by atoms with E-state index < -0.39 is 0 Å². The third kappa shape index (κ3) is 6.45. The Morgan fingerprint density at radius 2 is 1.93 bits per heavy atom. The number of benzene rings is 1.